The van der Waals surface area contributed by atoms with Gasteiger partial charge in [0.05, 0.1) is 37.6 Å². The van der Waals surface area contributed by atoms with Crippen molar-refractivity contribution in [1.29, 1.82) is 0 Å². The molecule has 0 radical (unpaired) electrons. The summed E-state index contributed by atoms with van der Waals surface area (Å²) < 4.78 is 25.3. The van der Waals surface area contributed by atoms with Crippen LogP contribution in [0.3, 0.4) is 0 Å². The maximum atomic E-state index is 14.6. The topological polar surface area (TPSA) is 74.7 Å². The highest BCUT2D eigenvalue weighted by Gasteiger charge is 2.35. The molecule has 1 fully saturated rings. The van der Waals surface area contributed by atoms with Gasteiger partial charge in [0, 0.05) is 37.6 Å². The van der Waals surface area contributed by atoms with Crippen molar-refractivity contribution in [2.24, 2.45) is 5.10 Å². The standard InChI is InChI=1S/C31H32ClFN4O4/c1-40-25-12-8-22(9-13-25)28-20-29(23-6-10-24(32)11-7-23)37(34-28)30(38)21-36(15-14-35-16-18-41-19-17-35)31(39)26-4-2-3-5-27(26)33/h2-13,29H,14-21H2,1H3/t29-/m1/s1. The highest BCUT2D eigenvalue weighted by molar-refractivity contribution is 6.30. The van der Waals surface area contributed by atoms with Crippen molar-refractivity contribution in [3.8, 4) is 5.75 Å². The average molecular weight is 579 g/mol. The van der Waals surface area contributed by atoms with Crippen LogP contribution in [0.15, 0.2) is 77.9 Å². The van der Waals surface area contributed by atoms with E-state index in [2.05, 4.69) is 4.90 Å². The minimum absolute atomic E-state index is 0.0691. The molecule has 1 atom stereocenters. The molecule has 5 rings (SSSR count). The number of amides is 2. The molecule has 0 aliphatic carbocycles. The molecule has 0 saturated carbocycles. The third kappa shape index (κ3) is 6.93. The van der Waals surface area contributed by atoms with E-state index in [1.807, 2.05) is 36.4 Å². The van der Waals surface area contributed by atoms with Gasteiger partial charge in [-0.15, -0.1) is 0 Å². The van der Waals surface area contributed by atoms with Gasteiger partial charge in [0.1, 0.15) is 18.1 Å². The van der Waals surface area contributed by atoms with Gasteiger partial charge in [-0.3, -0.25) is 14.5 Å². The maximum Gasteiger partial charge on any atom is 0.262 e. The molecule has 2 aliphatic rings. The number of carbonyl (C=O) groups is 2. The molecule has 1 saturated heterocycles. The summed E-state index contributed by atoms with van der Waals surface area (Å²) in [7, 11) is 1.60. The monoisotopic (exact) mass is 578 g/mol. The molecule has 0 aromatic heterocycles. The van der Waals surface area contributed by atoms with Gasteiger partial charge in [-0.2, -0.15) is 5.10 Å². The lowest BCUT2D eigenvalue weighted by Gasteiger charge is -2.31. The van der Waals surface area contributed by atoms with E-state index in [4.69, 9.17) is 26.2 Å². The Morgan fingerprint density at radius 2 is 1.76 bits per heavy atom. The predicted octanol–water partition coefficient (Wildman–Crippen LogP) is 4.64. The number of benzene rings is 3. The lowest BCUT2D eigenvalue weighted by atomic mass is 9.98. The summed E-state index contributed by atoms with van der Waals surface area (Å²) in [4.78, 5) is 31.0. The number of halogens is 2. The van der Waals surface area contributed by atoms with Crippen molar-refractivity contribution in [1.82, 2.24) is 14.8 Å². The number of morpholine rings is 1. The van der Waals surface area contributed by atoms with Gasteiger partial charge in [-0.05, 0) is 59.7 Å². The van der Waals surface area contributed by atoms with E-state index >= 15 is 0 Å². The van der Waals surface area contributed by atoms with Gasteiger partial charge in [0.2, 0.25) is 0 Å². The Bertz CT molecular complexity index is 1390. The van der Waals surface area contributed by atoms with E-state index in [0.717, 1.165) is 35.7 Å². The first-order chi connectivity index (χ1) is 19.9. The van der Waals surface area contributed by atoms with Crippen LogP contribution in [-0.4, -0.2) is 85.4 Å². The molecule has 0 unspecified atom stereocenters. The van der Waals surface area contributed by atoms with Crippen LogP contribution in [0.1, 0.15) is 33.9 Å². The quantitative estimate of drug-likeness (QED) is 0.370. The van der Waals surface area contributed by atoms with E-state index in [0.29, 0.717) is 31.2 Å². The van der Waals surface area contributed by atoms with Crippen LogP contribution < -0.4 is 4.74 Å². The predicted molar refractivity (Wildman–Crippen MR) is 155 cm³/mol. The molecule has 3 aromatic carbocycles. The molecule has 8 nitrogen and oxygen atoms in total. The van der Waals surface area contributed by atoms with Crippen LogP contribution >= 0.6 is 11.6 Å². The zero-order valence-electron chi connectivity index (χ0n) is 22.8. The van der Waals surface area contributed by atoms with Gasteiger partial charge in [-0.1, -0.05) is 35.9 Å². The fourth-order valence-electron chi connectivity index (χ4n) is 5.02. The van der Waals surface area contributed by atoms with Gasteiger partial charge in [-0.25, -0.2) is 9.40 Å². The van der Waals surface area contributed by atoms with Gasteiger partial charge < -0.3 is 14.4 Å². The second-order valence-electron chi connectivity index (χ2n) is 9.95. The summed E-state index contributed by atoms with van der Waals surface area (Å²) in [5.41, 5.74) is 2.41. The fourth-order valence-corrected chi connectivity index (χ4v) is 5.15. The molecule has 2 aliphatic heterocycles. The number of nitrogens with zero attached hydrogens (tertiary/aromatic N) is 4. The second kappa shape index (κ2) is 13.2. The Morgan fingerprint density at radius 1 is 1.05 bits per heavy atom. The number of ether oxygens (including phenoxy) is 2. The average Bonchev–Trinajstić information content (AvgIpc) is 3.46. The van der Waals surface area contributed by atoms with Crippen molar-refractivity contribution >= 4 is 29.1 Å². The van der Waals surface area contributed by atoms with Gasteiger partial charge in [0.15, 0.2) is 0 Å². The number of hydrogen-bond donors (Lipinski definition) is 0. The van der Waals surface area contributed by atoms with Crippen LogP contribution in [-0.2, 0) is 9.53 Å². The summed E-state index contributed by atoms with van der Waals surface area (Å²) in [5.74, 6) is -0.801. The van der Waals surface area contributed by atoms with E-state index < -0.39 is 11.7 Å². The smallest absolute Gasteiger partial charge is 0.262 e. The van der Waals surface area contributed by atoms with Crippen molar-refractivity contribution in [3.05, 3.63) is 100 Å². The molecule has 10 heteroatoms. The summed E-state index contributed by atoms with van der Waals surface area (Å²) in [6, 6.07) is 20.3. The Kier molecular flexibility index (Phi) is 9.28. The van der Waals surface area contributed by atoms with Crippen LogP contribution in [0.4, 0.5) is 4.39 Å². The largest absolute Gasteiger partial charge is 0.497 e. The van der Waals surface area contributed by atoms with Crippen molar-refractivity contribution in [2.45, 2.75) is 12.5 Å². The molecule has 0 N–H and O–H groups in total. The fraction of sp³-hybridized carbons (Fsp3) is 0.323. The summed E-state index contributed by atoms with van der Waals surface area (Å²) >= 11 is 6.14. The molecule has 214 valence electrons. The van der Waals surface area contributed by atoms with E-state index in [1.165, 1.54) is 28.1 Å². The summed E-state index contributed by atoms with van der Waals surface area (Å²) in [6.07, 6.45) is 0.481. The minimum Gasteiger partial charge on any atom is -0.497 e. The number of hydrogen-bond acceptors (Lipinski definition) is 6. The van der Waals surface area contributed by atoms with E-state index in [1.54, 1.807) is 25.3 Å². The van der Waals surface area contributed by atoms with Crippen LogP contribution in [0.2, 0.25) is 5.02 Å². The molecule has 0 spiro atoms. The van der Waals surface area contributed by atoms with Crippen LogP contribution in [0.25, 0.3) is 0 Å². The minimum atomic E-state index is -0.624. The zero-order chi connectivity index (χ0) is 28.8. The number of methoxy groups -OCH3 is 1. The Labute approximate surface area is 243 Å². The molecule has 3 aromatic rings. The van der Waals surface area contributed by atoms with Crippen LogP contribution in [0, 0.1) is 5.82 Å². The maximum absolute atomic E-state index is 14.6. The highest BCUT2D eigenvalue weighted by Crippen LogP contribution is 2.34. The summed E-state index contributed by atoms with van der Waals surface area (Å²) in [6.45, 7) is 3.23. The Morgan fingerprint density at radius 3 is 2.44 bits per heavy atom. The molecule has 2 heterocycles. The molecule has 0 bridgehead atoms. The normalized spacial score (nSPS) is 17.3. The molecule has 2 amide bonds. The molecular weight excluding hydrogens is 547 g/mol. The lowest BCUT2D eigenvalue weighted by molar-refractivity contribution is -0.133. The third-order valence-corrected chi connectivity index (χ3v) is 7.60. The molecule has 41 heavy (non-hydrogen) atoms. The highest BCUT2D eigenvalue weighted by atomic mass is 35.5. The first-order valence-corrected chi connectivity index (χ1v) is 13.9. The number of rotatable bonds is 9. The van der Waals surface area contributed by atoms with Gasteiger partial charge in [0.25, 0.3) is 11.8 Å². The lowest BCUT2D eigenvalue weighted by Crippen LogP contribution is -2.46. The van der Waals surface area contributed by atoms with Crippen molar-refractivity contribution < 1.29 is 23.5 Å². The second-order valence-corrected chi connectivity index (χ2v) is 10.4. The zero-order valence-corrected chi connectivity index (χ0v) is 23.6. The van der Waals surface area contributed by atoms with Gasteiger partial charge >= 0.3 is 0 Å². The molecular formula is C31H32ClFN4O4. The van der Waals surface area contributed by atoms with Crippen molar-refractivity contribution in [2.75, 3.05) is 53.0 Å². The third-order valence-electron chi connectivity index (χ3n) is 7.35. The van der Waals surface area contributed by atoms with Crippen molar-refractivity contribution in [3.63, 3.8) is 0 Å². The first kappa shape index (κ1) is 28.7. The summed E-state index contributed by atoms with van der Waals surface area (Å²) in [5, 5.41) is 6.77. The first-order valence-electron chi connectivity index (χ1n) is 13.6. The van der Waals surface area contributed by atoms with E-state index in [-0.39, 0.29) is 30.6 Å². The number of hydrazone groups is 1. The Hall–Kier alpha value is -3.79. The van der Waals surface area contributed by atoms with Crippen LogP contribution in [0.5, 0.6) is 5.75 Å². The van der Waals surface area contributed by atoms with E-state index in [9.17, 15) is 14.0 Å². The Balaban J connectivity index is 1.42. The number of carbonyl (C=O) groups excluding carboxylic acids is 2. The SMILES string of the molecule is COc1ccc(C2=NN(C(=O)CN(CCN3CCOCC3)C(=O)c3ccccc3F)[C@@H](c3ccc(Cl)cc3)C2)cc1.